The third-order valence-electron chi connectivity index (χ3n) is 3.96. The first-order chi connectivity index (χ1) is 13.2. The molecule has 0 amide bonds. The van der Waals surface area contributed by atoms with Gasteiger partial charge in [0, 0.05) is 5.56 Å². The molecule has 8 nitrogen and oxygen atoms in total. The molecule has 0 spiro atoms. The molecule has 0 aliphatic carbocycles. The molecule has 4 rings (SSSR count). The van der Waals surface area contributed by atoms with Crippen molar-refractivity contribution in [3.8, 4) is 11.5 Å². The molecule has 1 aliphatic heterocycles. The second-order valence-corrected chi connectivity index (χ2v) is 5.85. The van der Waals surface area contributed by atoms with E-state index in [0.29, 0.717) is 23.6 Å². The fourth-order valence-electron chi connectivity index (χ4n) is 2.60. The minimum Gasteiger partial charge on any atom is -0.454 e. The lowest BCUT2D eigenvalue weighted by Crippen LogP contribution is -2.14. The van der Waals surface area contributed by atoms with Crippen molar-refractivity contribution in [3.63, 3.8) is 0 Å². The van der Waals surface area contributed by atoms with E-state index in [4.69, 9.17) is 14.2 Å². The zero-order chi connectivity index (χ0) is 18.6. The summed E-state index contributed by atoms with van der Waals surface area (Å²) in [6.07, 6.45) is 1.49. The molecule has 3 aromatic rings. The number of ketones is 1. The minimum atomic E-state index is -0.705. The molecule has 0 radical (unpaired) electrons. The van der Waals surface area contributed by atoms with Crippen molar-refractivity contribution in [2.45, 2.75) is 6.54 Å². The highest BCUT2D eigenvalue weighted by Gasteiger charge is 2.18. The third-order valence-corrected chi connectivity index (χ3v) is 3.96. The molecule has 8 heteroatoms. The van der Waals surface area contributed by atoms with Crippen molar-refractivity contribution in [3.05, 3.63) is 71.5 Å². The van der Waals surface area contributed by atoms with Gasteiger partial charge in [-0.15, -0.1) is 5.10 Å². The first kappa shape index (κ1) is 16.8. The molecule has 0 atom stereocenters. The van der Waals surface area contributed by atoms with Gasteiger partial charge in [-0.05, 0) is 23.8 Å². The van der Waals surface area contributed by atoms with E-state index in [2.05, 4.69) is 10.3 Å². The summed E-state index contributed by atoms with van der Waals surface area (Å²) in [6, 6.07) is 14.5. The predicted octanol–water partition coefficient (Wildman–Crippen LogP) is 2.09. The molecule has 2 heterocycles. The van der Waals surface area contributed by atoms with Crippen LogP contribution in [0.2, 0.25) is 0 Å². The number of Topliss-reactive ketones (excluding diaryl/α,β-unsaturated/α-hetero) is 1. The Balaban J connectivity index is 1.35. The van der Waals surface area contributed by atoms with Crippen LogP contribution in [0, 0.1) is 0 Å². The predicted molar refractivity (Wildman–Crippen MR) is 92.7 cm³/mol. The summed E-state index contributed by atoms with van der Waals surface area (Å²) in [5, 5.41) is 7.71. The zero-order valence-corrected chi connectivity index (χ0v) is 14.2. The average molecular weight is 365 g/mol. The van der Waals surface area contributed by atoms with Crippen molar-refractivity contribution in [1.82, 2.24) is 15.0 Å². The van der Waals surface area contributed by atoms with Gasteiger partial charge in [-0.1, -0.05) is 35.5 Å². The fraction of sp³-hybridized carbons (Fsp3) is 0.158. The fourth-order valence-corrected chi connectivity index (χ4v) is 2.60. The maximum absolute atomic E-state index is 12.2. The van der Waals surface area contributed by atoms with Crippen molar-refractivity contribution in [1.29, 1.82) is 0 Å². The standard InChI is InChI=1S/C19H15N3O5/c23-16(14-6-7-17-18(8-14)27-12-26-17)11-25-19(24)15-10-22(21-20-15)9-13-4-2-1-3-5-13/h1-8,10H,9,11-12H2. The molecule has 2 aromatic carbocycles. The molecule has 0 fully saturated rings. The molecule has 1 aliphatic rings. The van der Waals surface area contributed by atoms with Crippen LogP contribution < -0.4 is 9.47 Å². The first-order valence-corrected chi connectivity index (χ1v) is 8.23. The average Bonchev–Trinajstić information content (AvgIpc) is 3.35. The maximum atomic E-state index is 12.2. The summed E-state index contributed by atoms with van der Waals surface area (Å²) in [4.78, 5) is 24.3. The Morgan fingerprint density at radius 1 is 1.07 bits per heavy atom. The molecule has 0 bridgehead atoms. The number of nitrogens with zero attached hydrogens (tertiary/aromatic N) is 3. The highest BCUT2D eigenvalue weighted by atomic mass is 16.7. The Kier molecular flexibility index (Phi) is 4.52. The van der Waals surface area contributed by atoms with Crippen LogP contribution in [-0.2, 0) is 11.3 Å². The van der Waals surface area contributed by atoms with Crippen LogP contribution in [0.5, 0.6) is 11.5 Å². The lowest BCUT2D eigenvalue weighted by Gasteiger charge is -2.03. The number of fused-ring (bicyclic) bond motifs is 1. The lowest BCUT2D eigenvalue weighted by atomic mass is 10.1. The number of benzene rings is 2. The van der Waals surface area contributed by atoms with Crippen molar-refractivity contribution in [2.75, 3.05) is 13.4 Å². The Bertz CT molecular complexity index is 984. The maximum Gasteiger partial charge on any atom is 0.360 e. The van der Waals surface area contributed by atoms with Crippen molar-refractivity contribution < 1.29 is 23.8 Å². The zero-order valence-electron chi connectivity index (χ0n) is 14.2. The van der Waals surface area contributed by atoms with Gasteiger partial charge in [0.2, 0.25) is 6.79 Å². The second kappa shape index (κ2) is 7.28. The van der Waals surface area contributed by atoms with Crippen molar-refractivity contribution >= 4 is 11.8 Å². The van der Waals surface area contributed by atoms with Crippen LogP contribution >= 0.6 is 0 Å². The summed E-state index contributed by atoms with van der Waals surface area (Å²) in [5.41, 5.74) is 1.45. The Morgan fingerprint density at radius 2 is 1.89 bits per heavy atom. The van der Waals surface area contributed by atoms with Gasteiger partial charge >= 0.3 is 5.97 Å². The van der Waals surface area contributed by atoms with E-state index in [1.807, 2.05) is 30.3 Å². The van der Waals surface area contributed by atoms with Crippen molar-refractivity contribution in [2.24, 2.45) is 0 Å². The number of hydrogen-bond donors (Lipinski definition) is 0. The number of rotatable bonds is 6. The van der Waals surface area contributed by atoms with Crippen LogP contribution in [0.4, 0.5) is 0 Å². The van der Waals surface area contributed by atoms with E-state index in [-0.39, 0.29) is 18.3 Å². The normalized spacial score (nSPS) is 12.0. The Hall–Kier alpha value is -3.68. The molecule has 0 N–H and O–H groups in total. The topological polar surface area (TPSA) is 92.5 Å². The van der Waals surface area contributed by atoms with Gasteiger partial charge in [0.05, 0.1) is 12.7 Å². The van der Waals surface area contributed by atoms with E-state index in [1.165, 1.54) is 10.9 Å². The van der Waals surface area contributed by atoms with Crippen LogP contribution in [0.15, 0.2) is 54.7 Å². The smallest absolute Gasteiger partial charge is 0.360 e. The Morgan fingerprint density at radius 3 is 2.74 bits per heavy atom. The van der Waals surface area contributed by atoms with Gasteiger partial charge in [0.1, 0.15) is 0 Å². The van der Waals surface area contributed by atoms with Crippen LogP contribution in [0.25, 0.3) is 0 Å². The number of carbonyl (C=O) groups excluding carboxylic acids is 2. The van der Waals surface area contributed by atoms with E-state index >= 15 is 0 Å². The van der Waals surface area contributed by atoms with E-state index in [0.717, 1.165) is 5.56 Å². The molecule has 27 heavy (non-hydrogen) atoms. The quantitative estimate of drug-likeness (QED) is 0.488. The number of ether oxygens (including phenoxy) is 3. The number of esters is 1. The largest absolute Gasteiger partial charge is 0.454 e. The molecule has 136 valence electrons. The van der Waals surface area contributed by atoms with E-state index in [9.17, 15) is 9.59 Å². The molecular weight excluding hydrogens is 350 g/mol. The molecule has 0 saturated carbocycles. The van der Waals surface area contributed by atoms with Crippen LogP contribution in [0.3, 0.4) is 0 Å². The first-order valence-electron chi connectivity index (χ1n) is 8.23. The number of carbonyl (C=O) groups is 2. The summed E-state index contributed by atoms with van der Waals surface area (Å²) in [6.45, 7) is 0.210. The summed E-state index contributed by atoms with van der Waals surface area (Å²) >= 11 is 0. The molecule has 1 aromatic heterocycles. The van der Waals surface area contributed by atoms with Gasteiger partial charge in [-0.25, -0.2) is 9.48 Å². The van der Waals surface area contributed by atoms with Gasteiger partial charge < -0.3 is 14.2 Å². The van der Waals surface area contributed by atoms with E-state index < -0.39 is 12.6 Å². The molecule has 0 saturated heterocycles. The molecule has 0 unspecified atom stereocenters. The lowest BCUT2D eigenvalue weighted by molar-refractivity contribution is 0.0468. The van der Waals surface area contributed by atoms with Gasteiger partial charge in [-0.2, -0.15) is 0 Å². The summed E-state index contributed by atoms with van der Waals surface area (Å²) in [7, 11) is 0. The third kappa shape index (κ3) is 3.79. The van der Waals surface area contributed by atoms with Gasteiger partial charge in [0.15, 0.2) is 29.6 Å². The van der Waals surface area contributed by atoms with Gasteiger partial charge in [0.25, 0.3) is 0 Å². The minimum absolute atomic E-state index is 0.0458. The molecular formula is C19H15N3O5. The second-order valence-electron chi connectivity index (χ2n) is 5.85. The SMILES string of the molecule is O=C(COC(=O)c1cn(Cc2ccccc2)nn1)c1ccc2c(c1)OCO2. The monoisotopic (exact) mass is 365 g/mol. The summed E-state index contributed by atoms with van der Waals surface area (Å²) in [5.74, 6) is 0.0244. The van der Waals surface area contributed by atoms with Crippen LogP contribution in [0.1, 0.15) is 26.4 Å². The van der Waals surface area contributed by atoms with Gasteiger partial charge in [-0.3, -0.25) is 4.79 Å². The highest BCUT2D eigenvalue weighted by Crippen LogP contribution is 2.32. The Labute approximate surface area is 154 Å². The highest BCUT2D eigenvalue weighted by molar-refractivity contribution is 5.99. The summed E-state index contributed by atoms with van der Waals surface area (Å²) < 4.78 is 17.0. The number of hydrogen-bond acceptors (Lipinski definition) is 7. The number of aromatic nitrogens is 3. The van der Waals surface area contributed by atoms with Crippen LogP contribution in [-0.4, -0.2) is 40.1 Å². The van der Waals surface area contributed by atoms with E-state index in [1.54, 1.807) is 18.2 Å².